The summed E-state index contributed by atoms with van der Waals surface area (Å²) in [6, 6.07) is 9.92. The van der Waals surface area contributed by atoms with Gasteiger partial charge in [0.15, 0.2) is 0 Å². The van der Waals surface area contributed by atoms with Gasteiger partial charge in [-0.1, -0.05) is 18.2 Å². The van der Waals surface area contributed by atoms with E-state index in [0.29, 0.717) is 12.1 Å². The lowest BCUT2D eigenvalue weighted by Crippen LogP contribution is -2.20. The van der Waals surface area contributed by atoms with E-state index in [2.05, 4.69) is 15.3 Å². The van der Waals surface area contributed by atoms with Gasteiger partial charge in [-0.25, -0.2) is 9.97 Å². The van der Waals surface area contributed by atoms with Crippen LogP contribution in [0.15, 0.2) is 67.4 Å². The van der Waals surface area contributed by atoms with E-state index in [1.165, 1.54) is 18.2 Å². The third-order valence-electron chi connectivity index (χ3n) is 3.59. The molecule has 130 valence electrons. The number of hydrogen-bond acceptors (Lipinski definition) is 5. The number of amides is 1. The van der Waals surface area contributed by atoms with Crippen molar-refractivity contribution in [3.05, 3.63) is 88.6 Å². The Kier molecular flexibility index (Phi) is 5.14. The molecule has 0 spiro atoms. The Morgan fingerprint density at radius 2 is 2.12 bits per heavy atom. The average molecular weight is 349 g/mol. The molecule has 0 bridgehead atoms. The molecule has 8 nitrogen and oxygen atoms in total. The highest BCUT2D eigenvalue weighted by Gasteiger charge is 2.09. The monoisotopic (exact) mass is 349 g/mol. The van der Waals surface area contributed by atoms with Crippen molar-refractivity contribution < 1.29 is 9.72 Å². The number of carbonyl (C=O) groups is 1. The van der Waals surface area contributed by atoms with Crippen molar-refractivity contribution in [1.82, 2.24) is 19.9 Å². The van der Waals surface area contributed by atoms with Gasteiger partial charge in [-0.2, -0.15) is 0 Å². The lowest BCUT2D eigenvalue weighted by Gasteiger charge is -2.04. The van der Waals surface area contributed by atoms with Crippen molar-refractivity contribution in [1.29, 1.82) is 0 Å². The van der Waals surface area contributed by atoms with Crippen LogP contribution in [0.4, 0.5) is 5.69 Å². The number of benzene rings is 1. The Morgan fingerprint density at radius 1 is 1.27 bits per heavy atom. The molecule has 2 aromatic heterocycles. The number of carbonyl (C=O) groups excluding carboxylic acids is 1. The molecule has 26 heavy (non-hydrogen) atoms. The Labute approximate surface area is 149 Å². The first kappa shape index (κ1) is 17.0. The second-order valence-electron chi connectivity index (χ2n) is 5.36. The third kappa shape index (κ3) is 4.18. The summed E-state index contributed by atoms with van der Waals surface area (Å²) in [5.41, 5.74) is 1.16. The van der Waals surface area contributed by atoms with Crippen LogP contribution >= 0.6 is 0 Å². The Balaban J connectivity index is 1.58. The maximum Gasteiger partial charge on any atom is 0.276 e. The molecule has 0 aliphatic heterocycles. The van der Waals surface area contributed by atoms with Gasteiger partial charge in [0, 0.05) is 37.3 Å². The number of nitro groups is 1. The molecule has 0 aliphatic rings. The summed E-state index contributed by atoms with van der Waals surface area (Å²) in [6.45, 7) is 0.303. The van der Waals surface area contributed by atoms with Crippen LogP contribution in [0.25, 0.3) is 11.9 Å². The molecule has 3 rings (SSSR count). The van der Waals surface area contributed by atoms with E-state index in [4.69, 9.17) is 0 Å². The molecule has 0 atom stereocenters. The number of rotatable bonds is 6. The van der Waals surface area contributed by atoms with Gasteiger partial charge in [-0.05, 0) is 23.8 Å². The number of imidazole rings is 1. The van der Waals surface area contributed by atoms with Crippen LogP contribution in [0, 0.1) is 10.1 Å². The molecular formula is C18H15N5O3. The minimum absolute atomic E-state index is 0.0455. The van der Waals surface area contributed by atoms with Crippen LogP contribution in [0.1, 0.15) is 11.1 Å². The topological polar surface area (TPSA) is 103 Å². The van der Waals surface area contributed by atoms with Gasteiger partial charge in [0.2, 0.25) is 5.91 Å². The first-order valence-corrected chi connectivity index (χ1v) is 7.76. The molecule has 2 heterocycles. The minimum atomic E-state index is -0.481. The van der Waals surface area contributed by atoms with Gasteiger partial charge in [-0.15, -0.1) is 0 Å². The van der Waals surface area contributed by atoms with Gasteiger partial charge in [-0.3, -0.25) is 19.5 Å². The maximum absolute atomic E-state index is 11.9. The van der Waals surface area contributed by atoms with Gasteiger partial charge in [0.25, 0.3) is 5.69 Å². The molecule has 1 N–H and O–H groups in total. The molecule has 8 heteroatoms. The molecule has 0 aliphatic carbocycles. The van der Waals surface area contributed by atoms with Crippen molar-refractivity contribution in [2.24, 2.45) is 0 Å². The molecular weight excluding hydrogens is 334 g/mol. The van der Waals surface area contributed by atoms with E-state index in [9.17, 15) is 14.9 Å². The molecule has 0 radical (unpaired) electrons. The van der Waals surface area contributed by atoms with Gasteiger partial charge < -0.3 is 5.32 Å². The summed E-state index contributed by atoms with van der Waals surface area (Å²) >= 11 is 0. The summed E-state index contributed by atoms with van der Waals surface area (Å²) in [4.78, 5) is 30.7. The largest absolute Gasteiger partial charge is 0.348 e. The van der Waals surface area contributed by atoms with Crippen LogP contribution in [0.2, 0.25) is 0 Å². The summed E-state index contributed by atoms with van der Waals surface area (Å²) in [6.07, 6.45) is 9.47. The molecule has 0 saturated carbocycles. The molecule has 0 fully saturated rings. The van der Waals surface area contributed by atoms with Crippen molar-refractivity contribution in [3.8, 4) is 5.82 Å². The quantitative estimate of drug-likeness (QED) is 0.418. The lowest BCUT2D eigenvalue weighted by molar-refractivity contribution is -0.385. The van der Waals surface area contributed by atoms with Crippen molar-refractivity contribution in [2.45, 2.75) is 6.54 Å². The van der Waals surface area contributed by atoms with Crippen LogP contribution in [-0.4, -0.2) is 25.4 Å². The van der Waals surface area contributed by atoms with Gasteiger partial charge in [0.05, 0.1) is 10.5 Å². The molecule has 1 amide bonds. The summed E-state index contributed by atoms with van der Waals surface area (Å²) in [5.74, 6) is 0.385. The molecule has 0 unspecified atom stereocenters. The summed E-state index contributed by atoms with van der Waals surface area (Å²) in [5, 5.41) is 13.7. The standard InChI is InChI=1S/C18H15N5O3/c24-18(8-6-15-3-1-2-4-16(15)23(25)26)21-12-14-5-7-17(20-11-14)22-10-9-19-13-22/h1-11,13H,12H2,(H,21,24)/b8-6+. The normalized spacial score (nSPS) is 10.8. The van der Waals surface area contributed by atoms with E-state index >= 15 is 0 Å². The van der Waals surface area contributed by atoms with E-state index in [1.807, 2.05) is 12.1 Å². The number of hydrogen-bond donors (Lipinski definition) is 1. The fourth-order valence-corrected chi connectivity index (χ4v) is 2.28. The molecule has 1 aromatic carbocycles. The van der Waals surface area contributed by atoms with Crippen molar-refractivity contribution in [2.75, 3.05) is 0 Å². The van der Waals surface area contributed by atoms with E-state index in [-0.39, 0.29) is 11.6 Å². The molecule has 0 saturated heterocycles. The lowest BCUT2D eigenvalue weighted by atomic mass is 10.1. The second-order valence-corrected chi connectivity index (χ2v) is 5.36. The zero-order valence-electron chi connectivity index (χ0n) is 13.6. The highest BCUT2D eigenvalue weighted by molar-refractivity contribution is 5.92. The number of pyridine rings is 1. The Morgan fingerprint density at radius 3 is 2.81 bits per heavy atom. The first-order valence-electron chi connectivity index (χ1n) is 7.76. The number of nitrogens with zero attached hydrogens (tertiary/aromatic N) is 4. The SMILES string of the molecule is O=C(/C=C/c1ccccc1[N+](=O)[O-])NCc1ccc(-n2ccnc2)nc1. The number of aromatic nitrogens is 3. The van der Waals surface area contributed by atoms with Crippen molar-refractivity contribution >= 4 is 17.7 Å². The summed E-state index contributed by atoms with van der Waals surface area (Å²) < 4.78 is 1.78. The second kappa shape index (κ2) is 7.84. The van der Waals surface area contributed by atoms with E-state index in [1.54, 1.807) is 47.7 Å². The van der Waals surface area contributed by atoms with Crippen LogP contribution in [-0.2, 0) is 11.3 Å². The van der Waals surface area contributed by atoms with E-state index in [0.717, 1.165) is 11.4 Å². The van der Waals surface area contributed by atoms with Crippen LogP contribution in [0.3, 0.4) is 0 Å². The fourth-order valence-electron chi connectivity index (χ4n) is 2.28. The molecule has 3 aromatic rings. The van der Waals surface area contributed by atoms with Crippen LogP contribution < -0.4 is 5.32 Å². The number of para-hydroxylation sites is 1. The Bertz CT molecular complexity index is 934. The fraction of sp³-hybridized carbons (Fsp3) is 0.0556. The highest BCUT2D eigenvalue weighted by Crippen LogP contribution is 2.18. The third-order valence-corrected chi connectivity index (χ3v) is 3.59. The van der Waals surface area contributed by atoms with Crippen molar-refractivity contribution in [3.63, 3.8) is 0 Å². The van der Waals surface area contributed by atoms with Gasteiger partial charge in [0.1, 0.15) is 12.1 Å². The zero-order valence-corrected chi connectivity index (χ0v) is 13.6. The minimum Gasteiger partial charge on any atom is -0.348 e. The smallest absolute Gasteiger partial charge is 0.276 e. The zero-order chi connectivity index (χ0) is 18.4. The van der Waals surface area contributed by atoms with E-state index < -0.39 is 4.92 Å². The first-order chi connectivity index (χ1) is 12.6. The summed E-state index contributed by atoms with van der Waals surface area (Å²) in [7, 11) is 0. The average Bonchev–Trinajstić information content (AvgIpc) is 3.20. The van der Waals surface area contributed by atoms with Crippen LogP contribution in [0.5, 0.6) is 0 Å². The highest BCUT2D eigenvalue weighted by atomic mass is 16.6. The van der Waals surface area contributed by atoms with Gasteiger partial charge >= 0.3 is 0 Å². The Hall–Kier alpha value is -3.81. The number of nitrogens with one attached hydrogen (secondary N) is 1. The maximum atomic E-state index is 11.9. The predicted octanol–water partition coefficient (Wildman–Crippen LogP) is 2.51. The predicted molar refractivity (Wildman–Crippen MR) is 95.3 cm³/mol. The number of nitro benzene ring substituents is 1.